The molecule has 0 aliphatic heterocycles. The molecule has 5 rings (SSSR count). The Labute approximate surface area is 190 Å². The molecule has 166 valence electrons. The van der Waals surface area contributed by atoms with Crippen molar-refractivity contribution in [1.29, 1.82) is 0 Å². The number of amidine groups is 1. The fourth-order valence-corrected chi connectivity index (χ4v) is 3.77. The number of nitrogens with one attached hydrogen (secondary N) is 1. The van der Waals surface area contributed by atoms with E-state index in [1.54, 1.807) is 23.4 Å². The first kappa shape index (κ1) is 20.7. The van der Waals surface area contributed by atoms with E-state index in [1.165, 1.54) is 18.4 Å². The second-order valence-electron chi connectivity index (χ2n) is 8.14. The summed E-state index contributed by atoms with van der Waals surface area (Å²) in [5.41, 5.74) is 6.52. The van der Waals surface area contributed by atoms with Crippen molar-refractivity contribution in [2.45, 2.75) is 39.2 Å². The third-order valence-electron chi connectivity index (χ3n) is 5.56. The van der Waals surface area contributed by atoms with Crippen molar-refractivity contribution in [3.8, 4) is 11.1 Å². The minimum atomic E-state index is -0.510. The van der Waals surface area contributed by atoms with E-state index in [2.05, 4.69) is 36.6 Å². The highest BCUT2D eigenvalue weighted by Crippen LogP contribution is 2.40. The van der Waals surface area contributed by atoms with Crippen LogP contribution in [0.15, 0.2) is 64.6 Å². The van der Waals surface area contributed by atoms with Gasteiger partial charge in [0.25, 0.3) is 6.20 Å². The van der Waals surface area contributed by atoms with Gasteiger partial charge in [0.05, 0.1) is 6.02 Å². The maximum absolute atomic E-state index is 12.3. The molecule has 1 aliphatic carbocycles. The Hall–Kier alpha value is -4.14. The summed E-state index contributed by atoms with van der Waals surface area (Å²) in [6.07, 6.45) is 7.33. The summed E-state index contributed by atoms with van der Waals surface area (Å²) < 4.78 is 6.73. The van der Waals surface area contributed by atoms with Crippen molar-refractivity contribution in [2.24, 2.45) is 4.99 Å². The zero-order valence-electron chi connectivity index (χ0n) is 18.4. The van der Waals surface area contributed by atoms with Crippen molar-refractivity contribution >= 4 is 17.6 Å². The van der Waals surface area contributed by atoms with Gasteiger partial charge in [-0.1, -0.05) is 18.2 Å². The van der Waals surface area contributed by atoms with Crippen LogP contribution in [0.4, 0.5) is 11.6 Å². The standard InChI is InChI=1S/C24H23N7O2/c1-15-23(16(2)27-14-26-15)19-8-9-21(25-11-19)12-31-13-22(33-30-31)29-24(32)28-20-5-3-4-18(10-20)17-6-7-17/h3-5,8-11,13-14,17H,6-7,12H2,1-2H3,(H-,28,29,30,32). The highest BCUT2D eigenvalue weighted by molar-refractivity contribution is 5.87. The molecule has 1 saturated carbocycles. The number of pyridine rings is 1. The van der Waals surface area contributed by atoms with Crippen LogP contribution in [0.1, 0.15) is 41.4 Å². The Morgan fingerprint density at radius 1 is 1.15 bits per heavy atom. The molecule has 0 spiro atoms. The number of aliphatic imine (C=N–C) groups is 1. The molecular formula is C24H23N7O2. The molecule has 4 aromatic rings. The smallest absolute Gasteiger partial charge is 0.322 e. The van der Waals surface area contributed by atoms with Gasteiger partial charge in [0.1, 0.15) is 12.0 Å². The van der Waals surface area contributed by atoms with E-state index >= 15 is 0 Å². The molecule has 0 radical (unpaired) electrons. The van der Waals surface area contributed by atoms with Crippen LogP contribution in [0.25, 0.3) is 11.1 Å². The molecule has 33 heavy (non-hydrogen) atoms. The van der Waals surface area contributed by atoms with Crippen molar-refractivity contribution in [2.75, 3.05) is 5.32 Å². The normalized spacial score (nSPS) is 13.8. The SMILES string of the molecule is Cc1ncnc(C)c1-c1ccc(C[n+]2cc(N=C([O-])Nc3cccc(C4CC4)c3)on2)nc1. The maximum atomic E-state index is 12.3. The number of hydrogen-bond acceptors (Lipinski definition) is 7. The van der Waals surface area contributed by atoms with Gasteiger partial charge in [-0.25, -0.2) is 15.0 Å². The van der Waals surface area contributed by atoms with Gasteiger partial charge in [0.2, 0.25) is 11.8 Å². The zero-order chi connectivity index (χ0) is 22.8. The fraction of sp³-hybridized carbons (Fsp3) is 0.250. The molecule has 0 saturated heterocycles. The third kappa shape index (κ3) is 4.87. The van der Waals surface area contributed by atoms with E-state index in [9.17, 15) is 5.11 Å². The average molecular weight is 441 g/mol. The molecule has 0 amide bonds. The number of nitrogens with zero attached hydrogens (tertiary/aromatic N) is 6. The number of hydrogen-bond donors (Lipinski definition) is 1. The summed E-state index contributed by atoms with van der Waals surface area (Å²) in [6.45, 7) is 4.29. The summed E-state index contributed by atoms with van der Waals surface area (Å²) in [5, 5.41) is 19.0. The first-order chi connectivity index (χ1) is 16.0. The van der Waals surface area contributed by atoms with Gasteiger partial charge in [-0.2, -0.15) is 0 Å². The van der Waals surface area contributed by atoms with Crippen molar-refractivity contribution < 1.29 is 14.3 Å². The van der Waals surface area contributed by atoms with Crippen LogP contribution in [-0.4, -0.2) is 26.2 Å². The van der Waals surface area contributed by atoms with Gasteiger partial charge in [-0.15, -0.1) is 0 Å². The van der Waals surface area contributed by atoms with E-state index in [0.717, 1.165) is 33.9 Å². The lowest BCUT2D eigenvalue weighted by atomic mass is 10.0. The van der Waals surface area contributed by atoms with Gasteiger partial charge in [-0.3, -0.25) is 9.51 Å². The highest BCUT2D eigenvalue weighted by Gasteiger charge is 2.23. The van der Waals surface area contributed by atoms with Gasteiger partial charge in [0.15, 0.2) is 0 Å². The summed E-state index contributed by atoms with van der Waals surface area (Å²) >= 11 is 0. The molecule has 3 heterocycles. The second-order valence-corrected chi connectivity index (χ2v) is 8.14. The molecule has 9 heteroatoms. The van der Waals surface area contributed by atoms with Crippen LogP contribution in [-0.2, 0) is 6.54 Å². The molecule has 3 aromatic heterocycles. The van der Waals surface area contributed by atoms with Crippen LogP contribution in [0.2, 0.25) is 0 Å². The molecule has 1 aromatic carbocycles. The first-order valence-electron chi connectivity index (χ1n) is 10.8. The quantitative estimate of drug-likeness (QED) is 0.278. The Balaban J connectivity index is 1.25. The van der Waals surface area contributed by atoms with Crippen LogP contribution < -0.4 is 15.1 Å². The van der Waals surface area contributed by atoms with E-state index in [-0.39, 0.29) is 5.88 Å². The molecule has 0 bridgehead atoms. The summed E-state index contributed by atoms with van der Waals surface area (Å²) in [6, 6.07) is 11.3. The molecule has 0 unspecified atom stereocenters. The second kappa shape index (κ2) is 8.78. The van der Waals surface area contributed by atoms with Gasteiger partial charge < -0.3 is 10.4 Å². The lowest BCUT2D eigenvalue weighted by molar-refractivity contribution is -0.755. The number of anilines is 1. The zero-order valence-corrected chi connectivity index (χ0v) is 18.4. The number of benzene rings is 1. The summed E-state index contributed by atoms with van der Waals surface area (Å²) in [7, 11) is 0. The minimum absolute atomic E-state index is 0.121. The Morgan fingerprint density at radius 2 is 1.97 bits per heavy atom. The fourth-order valence-electron chi connectivity index (χ4n) is 3.77. The monoisotopic (exact) mass is 441 g/mol. The Morgan fingerprint density at radius 3 is 2.70 bits per heavy atom. The average Bonchev–Trinajstić information content (AvgIpc) is 3.56. The highest BCUT2D eigenvalue weighted by atomic mass is 16.5. The van der Waals surface area contributed by atoms with E-state index in [0.29, 0.717) is 12.5 Å². The van der Waals surface area contributed by atoms with Crippen molar-refractivity contribution in [3.05, 3.63) is 77.8 Å². The number of rotatable bonds is 6. The number of aromatic nitrogens is 5. The maximum Gasteiger partial charge on any atom is 0.322 e. The van der Waals surface area contributed by atoms with E-state index < -0.39 is 6.02 Å². The van der Waals surface area contributed by atoms with Crippen molar-refractivity contribution in [3.63, 3.8) is 0 Å². The van der Waals surface area contributed by atoms with Crippen LogP contribution in [0.3, 0.4) is 0 Å². The molecule has 9 nitrogen and oxygen atoms in total. The molecule has 0 atom stereocenters. The Kier molecular flexibility index (Phi) is 5.52. The van der Waals surface area contributed by atoms with Crippen LogP contribution >= 0.6 is 0 Å². The predicted molar refractivity (Wildman–Crippen MR) is 120 cm³/mol. The summed E-state index contributed by atoms with van der Waals surface area (Å²) in [4.78, 5) is 17.0. The molecular weight excluding hydrogens is 418 g/mol. The topological polar surface area (TPSA) is 116 Å². The molecule has 1 fully saturated rings. The van der Waals surface area contributed by atoms with Crippen LogP contribution in [0, 0.1) is 13.8 Å². The third-order valence-corrected chi connectivity index (χ3v) is 5.56. The van der Waals surface area contributed by atoms with Gasteiger partial charge >= 0.3 is 5.88 Å². The molecule has 1 N–H and O–H groups in total. The lowest BCUT2D eigenvalue weighted by Crippen LogP contribution is -2.35. The lowest BCUT2D eigenvalue weighted by Gasteiger charge is -2.13. The van der Waals surface area contributed by atoms with Crippen LogP contribution in [0.5, 0.6) is 0 Å². The minimum Gasteiger partial charge on any atom is -0.846 e. The van der Waals surface area contributed by atoms with Crippen molar-refractivity contribution in [1.82, 2.24) is 20.2 Å². The first-order valence-corrected chi connectivity index (χ1v) is 10.8. The van der Waals surface area contributed by atoms with E-state index in [1.807, 2.05) is 44.2 Å². The molecule has 1 aliphatic rings. The van der Waals surface area contributed by atoms with Gasteiger partial charge in [0, 0.05) is 34.4 Å². The predicted octanol–water partition coefficient (Wildman–Crippen LogP) is 2.82. The number of aryl methyl sites for hydroxylation is 2. The largest absolute Gasteiger partial charge is 0.846 e. The van der Waals surface area contributed by atoms with Gasteiger partial charge in [-0.05, 0) is 61.1 Å². The van der Waals surface area contributed by atoms with E-state index in [4.69, 9.17) is 4.52 Å². The Bertz CT molecular complexity index is 1290. The summed E-state index contributed by atoms with van der Waals surface area (Å²) in [5.74, 6) is 0.735.